The molecule has 1 aromatic heterocycles. The number of nitrogens with two attached hydrogens (primary N) is 1. The van der Waals surface area contributed by atoms with Gasteiger partial charge in [0.2, 0.25) is 0 Å². The average molecular weight is 323 g/mol. The largest absolute Gasteiger partial charge is 0.338 e. The van der Waals surface area contributed by atoms with Crippen molar-refractivity contribution in [1.29, 1.82) is 0 Å². The van der Waals surface area contributed by atoms with Crippen LogP contribution in [0.1, 0.15) is 23.7 Å². The topological polar surface area (TPSA) is 89.9 Å². The van der Waals surface area contributed by atoms with E-state index in [2.05, 4.69) is 15.5 Å². The maximum absolute atomic E-state index is 12.5. The highest BCUT2D eigenvalue weighted by Crippen LogP contribution is 2.21. The number of carbonyl (C=O) groups is 1. The van der Waals surface area contributed by atoms with E-state index in [1.54, 1.807) is 16.8 Å². The van der Waals surface area contributed by atoms with Crippen molar-refractivity contribution >= 4 is 18.3 Å². The van der Waals surface area contributed by atoms with Gasteiger partial charge < -0.3 is 10.6 Å². The van der Waals surface area contributed by atoms with E-state index in [9.17, 15) is 4.79 Å². The summed E-state index contributed by atoms with van der Waals surface area (Å²) in [6.45, 7) is 3.52. The number of nitrogens with zero attached hydrogens (tertiary/aromatic N) is 5. The van der Waals surface area contributed by atoms with Crippen LogP contribution in [0.15, 0.2) is 30.6 Å². The molecule has 2 atom stereocenters. The fourth-order valence-electron chi connectivity index (χ4n) is 2.62. The molecule has 0 saturated carbocycles. The lowest BCUT2D eigenvalue weighted by Crippen LogP contribution is -2.33. The Morgan fingerprint density at radius 1 is 1.36 bits per heavy atom. The Hall–Kier alpha value is -1.99. The van der Waals surface area contributed by atoms with Crippen LogP contribution in [0.25, 0.3) is 5.69 Å². The molecule has 2 heterocycles. The maximum Gasteiger partial charge on any atom is 0.253 e. The van der Waals surface area contributed by atoms with Gasteiger partial charge in [-0.05, 0) is 54.0 Å². The molecule has 0 radical (unpaired) electrons. The second kappa shape index (κ2) is 6.85. The number of halogens is 1. The number of rotatable bonds is 3. The molecule has 1 amide bonds. The van der Waals surface area contributed by atoms with Gasteiger partial charge in [0.05, 0.1) is 5.69 Å². The molecule has 1 aliphatic rings. The molecule has 118 valence electrons. The summed E-state index contributed by atoms with van der Waals surface area (Å²) in [4.78, 5) is 14.3. The Morgan fingerprint density at radius 3 is 2.64 bits per heavy atom. The van der Waals surface area contributed by atoms with E-state index in [0.717, 1.165) is 25.2 Å². The van der Waals surface area contributed by atoms with Crippen LogP contribution in [-0.2, 0) is 0 Å². The minimum atomic E-state index is 0. The van der Waals surface area contributed by atoms with Gasteiger partial charge in [0.15, 0.2) is 0 Å². The van der Waals surface area contributed by atoms with Crippen LogP contribution in [-0.4, -0.2) is 50.1 Å². The van der Waals surface area contributed by atoms with Crippen molar-refractivity contribution in [3.05, 3.63) is 36.2 Å². The van der Waals surface area contributed by atoms with Gasteiger partial charge in [-0.2, -0.15) is 0 Å². The van der Waals surface area contributed by atoms with Gasteiger partial charge in [-0.25, -0.2) is 4.68 Å². The van der Waals surface area contributed by atoms with Crippen molar-refractivity contribution in [1.82, 2.24) is 25.1 Å². The Kier molecular flexibility index (Phi) is 5.10. The summed E-state index contributed by atoms with van der Waals surface area (Å²) in [6, 6.07) is 7.41. The molecule has 2 aromatic rings. The van der Waals surface area contributed by atoms with Gasteiger partial charge in [-0.1, -0.05) is 0 Å². The van der Waals surface area contributed by atoms with E-state index >= 15 is 0 Å². The molecule has 1 fully saturated rings. The van der Waals surface area contributed by atoms with Crippen molar-refractivity contribution in [3.63, 3.8) is 0 Å². The van der Waals surface area contributed by atoms with Gasteiger partial charge in [-0.3, -0.25) is 4.79 Å². The SMILES string of the molecule is CC(N)C1CCN(C(=O)c2ccc(-n3cnnn3)cc2)C1.Cl. The van der Waals surface area contributed by atoms with Gasteiger partial charge in [0, 0.05) is 24.7 Å². The van der Waals surface area contributed by atoms with Crippen LogP contribution in [0, 0.1) is 5.92 Å². The van der Waals surface area contributed by atoms with Crippen molar-refractivity contribution in [2.45, 2.75) is 19.4 Å². The first kappa shape index (κ1) is 16.4. The van der Waals surface area contributed by atoms with Crippen molar-refractivity contribution < 1.29 is 4.79 Å². The fraction of sp³-hybridized carbons (Fsp3) is 0.429. The predicted molar refractivity (Wildman–Crippen MR) is 84.1 cm³/mol. The Labute approximate surface area is 134 Å². The number of tetrazole rings is 1. The molecule has 0 spiro atoms. The molecule has 2 N–H and O–H groups in total. The zero-order valence-corrected chi connectivity index (χ0v) is 13.1. The number of hydrogen-bond donors (Lipinski definition) is 1. The first-order valence-electron chi connectivity index (χ1n) is 7.03. The zero-order chi connectivity index (χ0) is 14.8. The maximum atomic E-state index is 12.5. The van der Waals surface area contributed by atoms with Gasteiger partial charge in [0.1, 0.15) is 6.33 Å². The summed E-state index contributed by atoms with van der Waals surface area (Å²) in [5, 5.41) is 11.0. The van der Waals surface area contributed by atoms with Crippen LogP contribution in [0.2, 0.25) is 0 Å². The first-order valence-corrected chi connectivity index (χ1v) is 7.03. The minimum absolute atomic E-state index is 0. The van der Waals surface area contributed by atoms with E-state index < -0.39 is 0 Å². The molecule has 1 saturated heterocycles. The van der Waals surface area contributed by atoms with E-state index in [-0.39, 0.29) is 24.4 Å². The number of hydrogen-bond acceptors (Lipinski definition) is 5. The second-order valence-electron chi connectivity index (χ2n) is 5.46. The average Bonchev–Trinajstić information content (AvgIpc) is 3.18. The first-order chi connectivity index (χ1) is 10.1. The minimum Gasteiger partial charge on any atom is -0.338 e. The van der Waals surface area contributed by atoms with Crippen molar-refractivity contribution in [2.75, 3.05) is 13.1 Å². The number of benzene rings is 1. The lowest BCUT2D eigenvalue weighted by Gasteiger charge is -2.18. The molecule has 2 unspecified atom stereocenters. The third kappa shape index (κ3) is 3.26. The Morgan fingerprint density at radius 2 is 2.09 bits per heavy atom. The summed E-state index contributed by atoms with van der Waals surface area (Å²) < 4.78 is 1.55. The fourth-order valence-corrected chi connectivity index (χ4v) is 2.62. The number of carbonyl (C=O) groups excluding carboxylic acids is 1. The van der Waals surface area contributed by atoms with Crippen LogP contribution >= 0.6 is 12.4 Å². The highest BCUT2D eigenvalue weighted by molar-refractivity contribution is 5.94. The molecule has 22 heavy (non-hydrogen) atoms. The molecule has 8 heteroatoms. The van der Waals surface area contributed by atoms with E-state index in [1.165, 1.54) is 6.33 Å². The molecular formula is C14H19ClN6O. The normalized spacial score (nSPS) is 18.8. The van der Waals surface area contributed by atoms with Crippen molar-refractivity contribution in [2.24, 2.45) is 11.7 Å². The molecule has 7 nitrogen and oxygen atoms in total. The summed E-state index contributed by atoms with van der Waals surface area (Å²) in [6.07, 6.45) is 2.50. The second-order valence-corrected chi connectivity index (χ2v) is 5.46. The highest BCUT2D eigenvalue weighted by Gasteiger charge is 2.28. The number of aromatic nitrogens is 4. The smallest absolute Gasteiger partial charge is 0.253 e. The molecule has 0 aliphatic carbocycles. The lowest BCUT2D eigenvalue weighted by molar-refractivity contribution is 0.0786. The molecule has 1 aromatic carbocycles. The number of amides is 1. The molecule has 1 aliphatic heterocycles. The quantitative estimate of drug-likeness (QED) is 0.906. The summed E-state index contributed by atoms with van der Waals surface area (Å²) >= 11 is 0. The lowest BCUT2D eigenvalue weighted by atomic mass is 10.0. The summed E-state index contributed by atoms with van der Waals surface area (Å²) in [7, 11) is 0. The number of likely N-dealkylation sites (tertiary alicyclic amines) is 1. The Balaban J connectivity index is 0.00000176. The summed E-state index contributed by atoms with van der Waals surface area (Å²) in [5.41, 5.74) is 7.42. The third-order valence-electron chi connectivity index (χ3n) is 3.98. The zero-order valence-electron chi connectivity index (χ0n) is 12.3. The van der Waals surface area contributed by atoms with Crippen molar-refractivity contribution in [3.8, 4) is 5.69 Å². The van der Waals surface area contributed by atoms with E-state index in [1.807, 2.05) is 24.0 Å². The molecular weight excluding hydrogens is 304 g/mol. The molecule has 0 bridgehead atoms. The standard InChI is InChI=1S/C14H18N6O.ClH/c1-10(15)12-6-7-19(8-12)14(21)11-2-4-13(5-3-11)20-9-16-17-18-20;/h2-5,9-10,12H,6-8,15H2,1H3;1H. The van der Waals surface area contributed by atoms with Crippen LogP contribution in [0.3, 0.4) is 0 Å². The third-order valence-corrected chi connectivity index (χ3v) is 3.98. The molecule has 3 rings (SSSR count). The highest BCUT2D eigenvalue weighted by atomic mass is 35.5. The van der Waals surface area contributed by atoms with Gasteiger partial charge in [-0.15, -0.1) is 17.5 Å². The van der Waals surface area contributed by atoms with Gasteiger partial charge in [0.25, 0.3) is 5.91 Å². The van der Waals surface area contributed by atoms with Crippen LogP contribution in [0.4, 0.5) is 0 Å². The van der Waals surface area contributed by atoms with Crippen LogP contribution < -0.4 is 5.73 Å². The van der Waals surface area contributed by atoms with E-state index in [4.69, 9.17) is 5.73 Å². The van der Waals surface area contributed by atoms with Gasteiger partial charge >= 0.3 is 0 Å². The monoisotopic (exact) mass is 322 g/mol. The summed E-state index contributed by atoms with van der Waals surface area (Å²) in [5.74, 6) is 0.455. The predicted octanol–water partition coefficient (Wildman–Crippen LogP) is 0.893. The van der Waals surface area contributed by atoms with E-state index in [0.29, 0.717) is 11.5 Å². The van der Waals surface area contributed by atoms with Crippen LogP contribution in [0.5, 0.6) is 0 Å². The Bertz CT molecular complexity index is 613.